The summed E-state index contributed by atoms with van der Waals surface area (Å²) >= 11 is 0. The Labute approximate surface area is 149 Å². The zero-order chi connectivity index (χ0) is 19.7. The molecule has 0 saturated heterocycles. The monoisotopic (exact) mass is 376 g/mol. The Balaban J connectivity index is 3.22. The minimum atomic E-state index is -1.78. The Bertz CT molecular complexity index is 574. The molecular weight excluding hydrogens is 352 g/mol. The molecular formula is C16H24O10. The van der Waals surface area contributed by atoms with Gasteiger partial charge in [0.1, 0.15) is 32.0 Å². The maximum atomic E-state index is 11.7. The quantitative estimate of drug-likeness (QED) is 0.178. The summed E-state index contributed by atoms with van der Waals surface area (Å²) in [7, 11) is 0. The standard InChI is InChI=1S/C16H24O10/c1-9(19)10-2-13(24-6-11(20)4-17)16(26-7-12(21)5-18)14(3-10)25-8-15(22)23/h2-3,11-12,15,17-18,20-23H,4-8H2,1H3. The molecule has 10 heteroatoms. The van der Waals surface area contributed by atoms with Gasteiger partial charge in [0, 0.05) is 5.56 Å². The van der Waals surface area contributed by atoms with Gasteiger partial charge < -0.3 is 44.8 Å². The fourth-order valence-corrected chi connectivity index (χ4v) is 1.77. The van der Waals surface area contributed by atoms with Gasteiger partial charge in [-0.15, -0.1) is 0 Å². The van der Waals surface area contributed by atoms with Crippen LogP contribution in [0.15, 0.2) is 12.1 Å². The predicted octanol–water partition coefficient (Wildman–Crippen LogP) is -1.96. The van der Waals surface area contributed by atoms with E-state index in [1.54, 1.807) is 0 Å². The number of ether oxygens (including phenoxy) is 3. The lowest BCUT2D eigenvalue weighted by molar-refractivity contribution is -0.0686. The fourth-order valence-electron chi connectivity index (χ4n) is 1.77. The average molecular weight is 376 g/mol. The van der Waals surface area contributed by atoms with E-state index in [4.69, 9.17) is 34.6 Å². The van der Waals surface area contributed by atoms with Crippen LogP contribution in [0.4, 0.5) is 0 Å². The van der Waals surface area contributed by atoms with Crippen LogP contribution in [0.2, 0.25) is 0 Å². The molecule has 0 saturated carbocycles. The number of rotatable bonds is 12. The van der Waals surface area contributed by atoms with Crippen molar-refractivity contribution in [2.24, 2.45) is 0 Å². The van der Waals surface area contributed by atoms with Gasteiger partial charge in [0.15, 0.2) is 23.6 Å². The first-order valence-corrected chi connectivity index (χ1v) is 7.79. The van der Waals surface area contributed by atoms with E-state index in [1.165, 1.54) is 19.1 Å². The second-order valence-corrected chi connectivity index (χ2v) is 5.44. The number of hydrogen-bond acceptors (Lipinski definition) is 10. The minimum Gasteiger partial charge on any atom is -0.487 e. The summed E-state index contributed by atoms with van der Waals surface area (Å²) in [5.74, 6) is -0.510. The van der Waals surface area contributed by atoms with Crippen molar-refractivity contribution >= 4 is 5.78 Å². The van der Waals surface area contributed by atoms with Crippen molar-refractivity contribution in [2.75, 3.05) is 33.0 Å². The maximum absolute atomic E-state index is 11.7. The molecule has 2 atom stereocenters. The Morgan fingerprint density at radius 2 is 1.35 bits per heavy atom. The molecule has 0 aliphatic heterocycles. The Hall–Kier alpha value is -1.95. The van der Waals surface area contributed by atoms with Crippen LogP contribution in [-0.2, 0) is 0 Å². The SMILES string of the molecule is CC(=O)c1cc(OCC(O)O)c(OCC(O)CO)c(OCC(O)CO)c1. The van der Waals surface area contributed by atoms with Crippen LogP contribution in [-0.4, -0.2) is 88.0 Å². The zero-order valence-corrected chi connectivity index (χ0v) is 14.2. The summed E-state index contributed by atoms with van der Waals surface area (Å²) in [6, 6.07) is 2.61. The highest BCUT2D eigenvalue weighted by atomic mass is 16.6. The van der Waals surface area contributed by atoms with Crippen LogP contribution >= 0.6 is 0 Å². The fraction of sp³-hybridized carbons (Fsp3) is 0.562. The van der Waals surface area contributed by atoms with Crippen LogP contribution in [0.3, 0.4) is 0 Å². The van der Waals surface area contributed by atoms with Gasteiger partial charge in [-0.3, -0.25) is 4.79 Å². The van der Waals surface area contributed by atoms with E-state index in [0.29, 0.717) is 0 Å². The molecule has 0 heterocycles. The summed E-state index contributed by atoms with van der Waals surface area (Å²) < 4.78 is 15.9. The van der Waals surface area contributed by atoms with Gasteiger partial charge in [-0.2, -0.15) is 0 Å². The van der Waals surface area contributed by atoms with Gasteiger partial charge in [0.2, 0.25) is 5.75 Å². The second kappa shape index (κ2) is 10.9. The number of ketones is 1. The second-order valence-electron chi connectivity index (χ2n) is 5.44. The summed E-state index contributed by atoms with van der Waals surface area (Å²) in [6.07, 6.45) is -4.17. The lowest BCUT2D eigenvalue weighted by atomic mass is 10.1. The molecule has 6 N–H and O–H groups in total. The summed E-state index contributed by atoms with van der Waals surface area (Å²) in [5.41, 5.74) is 0.163. The zero-order valence-electron chi connectivity index (χ0n) is 14.2. The summed E-state index contributed by atoms with van der Waals surface area (Å²) in [5, 5.41) is 54.6. The molecule has 26 heavy (non-hydrogen) atoms. The third-order valence-electron chi connectivity index (χ3n) is 3.09. The van der Waals surface area contributed by atoms with E-state index in [-0.39, 0.29) is 41.8 Å². The molecule has 1 aromatic rings. The molecule has 0 aliphatic carbocycles. The first kappa shape index (κ1) is 22.1. The number of Topliss-reactive ketones (excluding diaryl/α,β-unsaturated/α-hetero) is 1. The van der Waals surface area contributed by atoms with Crippen LogP contribution in [0, 0.1) is 0 Å². The van der Waals surface area contributed by atoms with E-state index in [1.807, 2.05) is 0 Å². The van der Waals surface area contributed by atoms with Crippen LogP contribution in [0.25, 0.3) is 0 Å². The topological polar surface area (TPSA) is 166 Å². The molecule has 0 aromatic heterocycles. The van der Waals surface area contributed by atoms with E-state index < -0.39 is 38.3 Å². The van der Waals surface area contributed by atoms with Gasteiger partial charge in [-0.1, -0.05) is 0 Å². The third-order valence-corrected chi connectivity index (χ3v) is 3.09. The highest BCUT2D eigenvalue weighted by molar-refractivity contribution is 5.95. The first-order valence-electron chi connectivity index (χ1n) is 7.79. The maximum Gasteiger partial charge on any atom is 0.203 e. The van der Waals surface area contributed by atoms with Crippen LogP contribution in [0.1, 0.15) is 17.3 Å². The van der Waals surface area contributed by atoms with Crippen molar-refractivity contribution in [3.05, 3.63) is 17.7 Å². The third kappa shape index (κ3) is 7.12. The van der Waals surface area contributed by atoms with Crippen molar-refractivity contribution in [2.45, 2.75) is 25.4 Å². The highest BCUT2D eigenvalue weighted by Crippen LogP contribution is 2.39. The number of aliphatic hydroxyl groups excluding tert-OH is 5. The normalized spacial score (nSPS) is 13.4. The Morgan fingerprint density at radius 3 is 1.77 bits per heavy atom. The molecule has 0 bridgehead atoms. The van der Waals surface area contributed by atoms with E-state index >= 15 is 0 Å². The van der Waals surface area contributed by atoms with Crippen molar-refractivity contribution in [3.63, 3.8) is 0 Å². The summed E-state index contributed by atoms with van der Waals surface area (Å²) in [4.78, 5) is 11.7. The average Bonchev–Trinajstić information content (AvgIpc) is 2.61. The smallest absolute Gasteiger partial charge is 0.203 e. The molecule has 0 aliphatic rings. The van der Waals surface area contributed by atoms with Crippen molar-refractivity contribution in [3.8, 4) is 17.2 Å². The molecule has 1 aromatic carbocycles. The molecule has 1 rings (SSSR count). The van der Waals surface area contributed by atoms with Gasteiger partial charge in [0.25, 0.3) is 0 Å². The van der Waals surface area contributed by atoms with Crippen molar-refractivity contribution < 1.29 is 49.6 Å². The number of carbonyl (C=O) groups excluding carboxylic acids is 1. The molecule has 0 spiro atoms. The van der Waals surface area contributed by atoms with Gasteiger partial charge in [0.05, 0.1) is 13.2 Å². The van der Waals surface area contributed by atoms with Crippen molar-refractivity contribution in [1.29, 1.82) is 0 Å². The number of hydrogen-bond donors (Lipinski definition) is 6. The summed E-state index contributed by atoms with van der Waals surface area (Å²) in [6.45, 7) is -1.00. The number of benzene rings is 1. The Kier molecular flexibility index (Phi) is 9.27. The lowest BCUT2D eigenvalue weighted by Crippen LogP contribution is -2.24. The molecule has 10 nitrogen and oxygen atoms in total. The number of aliphatic hydroxyl groups is 6. The Morgan fingerprint density at radius 1 is 0.885 bits per heavy atom. The highest BCUT2D eigenvalue weighted by Gasteiger charge is 2.20. The van der Waals surface area contributed by atoms with E-state index in [2.05, 4.69) is 0 Å². The molecule has 0 radical (unpaired) electrons. The van der Waals surface area contributed by atoms with Gasteiger partial charge in [-0.05, 0) is 19.1 Å². The molecule has 148 valence electrons. The number of carbonyl (C=O) groups is 1. The van der Waals surface area contributed by atoms with Crippen LogP contribution in [0.5, 0.6) is 17.2 Å². The van der Waals surface area contributed by atoms with Gasteiger partial charge >= 0.3 is 0 Å². The van der Waals surface area contributed by atoms with E-state index in [9.17, 15) is 15.0 Å². The van der Waals surface area contributed by atoms with Crippen LogP contribution < -0.4 is 14.2 Å². The molecule has 0 amide bonds. The van der Waals surface area contributed by atoms with E-state index in [0.717, 1.165) is 0 Å². The largest absolute Gasteiger partial charge is 0.487 e. The lowest BCUT2D eigenvalue weighted by Gasteiger charge is -2.20. The molecule has 2 unspecified atom stereocenters. The molecule has 0 fully saturated rings. The van der Waals surface area contributed by atoms with Crippen molar-refractivity contribution in [1.82, 2.24) is 0 Å². The van der Waals surface area contributed by atoms with Gasteiger partial charge in [-0.25, -0.2) is 0 Å². The predicted molar refractivity (Wildman–Crippen MR) is 87.3 cm³/mol. The minimum absolute atomic E-state index is 0.0298. The first-order chi connectivity index (χ1) is 12.3.